The van der Waals surface area contributed by atoms with Crippen molar-refractivity contribution in [3.8, 4) is 0 Å². The maximum Gasteiger partial charge on any atom is 0.472 e. The van der Waals surface area contributed by atoms with E-state index in [1.165, 1.54) is 263 Å². The lowest BCUT2D eigenvalue weighted by molar-refractivity contribution is -0.161. The third kappa shape index (κ3) is 78.0. The number of esters is 4. The molecular formula is C84H164O17P2. The SMILES string of the molecule is CCCCCCCCCCCCCCCCC(=O)O[C@H](COC(=O)CCCCCCCCCCCC)COP(=O)(O)OC[C@H](O)COP(=O)(O)OC[C@@H](COC(=O)CCCCCCCCCCCCCCCCCC(C)C)OC(=O)CCCCCCCCCCCCCCCCCCCCC(C)C. The molecule has 0 aromatic heterocycles. The van der Waals surface area contributed by atoms with Crippen LogP contribution in [0.4, 0.5) is 0 Å². The van der Waals surface area contributed by atoms with Gasteiger partial charge in [-0.1, -0.05) is 395 Å². The number of phosphoric ester groups is 2. The van der Waals surface area contributed by atoms with Crippen LogP contribution in [-0.2, 0) is 65.4 Å². The molecule has 0 bridgehead atoms. The minimum atomic E-state index is -4.96. The van der Waals surface area contributed by atoms with Crippen molar-refractivity contribution in [2.24, 2.45) is 11.8 Å². The number of ether oxygens (including phenoxy) is 4. The zero-order chi connectivity index (χ0) is 75.6. The lowest BCUT2D eigenvalue weighted by Crippen LogP contribution is -2.30. The van der Waals surface area contributed by atoms with Gasteiger partial charge in [0.15, 0.2) is 12.2 Å². The molecule has 5 atom stereocenters. The molecule has 3 N–H and O–H groups in total. The van der Waals surface area contributed by atoms with Crippen molar-refractivity contribution in [1.29, 1.82) is 0 Å². The van der Waals surface area contributed by atoms with E-state index in [1.54, 1.807) is 0 Å². The lowest BCUT2D eigenvalue weighted by Gasteiger charge is -2.21. The molecular weight excluding hydrogens is 1340 g/mol. The van der Waals surface area contributed by atoms with Crippen molar-refractivity contribution < 1.29 is 80.2 Å². The Morgan fingerprint density at radius 3 is 0.660 bits per heavy atom. The number of aliphatic hydroxyl groups is 1. The van der Waals surface area contributed by atoms with Gasteiger partial charge in [0.25, 0.3) is 0 Å². The lowest BCUT2D eigenvalue weighted by atomic mass is 10.0. The fourth-order valence-corrected chi connectivity index (χ4v) is 14.6. The number of aliphatic hydroxyl groups excluding tert-OH is 1. The number of carbonyl (C=O) groups excluding carboxylic acids is 4. The summed E-state index contributed by atoms with van der Waals surface area (Å²) in [5.74, 6) is -0.477. The highest BCUT2D eigenvalue weighted by atomic mass is 31.2. The molecule has 2 unspecified atom stereocenters. The number of rotatable bonds is 83. The topological polar surface area (TPSA) is 237 Å². The Labute approximate surface area is 632 Å². The van der Waals surface area contributed by atoms with Crippen LogP contribution >= 0.6 is 15.6 Å². The van der Waals surface area contributed by atoms with Crippen molar-refractivity contribution >= 4 is 39.5 Å². The molecule has 0 spiro atoms. The van der Waals surface area contributed by atoms with E-state index in [1.807, 2.05) is 0 Å². The monoisotopic (exact) mass is 1510 g/mol. The van der Waals surface area contributed by atoms with Gasteiger partial charge in [-0.15, -0.1) is 0 Å². The van der Waals surface area contributed by atoms with E-state index in [2.05, 4.69) is 41.5 Å². The molecule has 0 aromatic rings. The molecule has 0 aromatic carbocycles. The van der Waals surface area contributed by atoms with Crippen LogP contribution in [0, 0.1) is 11.8 Å². The second kappa shape index (κ2) is 75.5. The number of carbonyl (C=O) groups is 4. The number of unbranched alkanes of at least 4 members (excludes halogenated alkanes) is 53. The molecule has 612 valence electrons. The van der Waals surface area contributed by atoms with Crippen LogP contribution in [0.15, 0.2) is 0 Å². The predicted molar refractivity (Wildman–Crippen MR) is 423 cm³/mol. The normalized spacial score (nSPS) is 13.9. The Balaban J connectivity index is 5.22. The third-order valence-corrected chi connectivity index (χ3v) is 21.6. The minimum absolute atomic E-state index is 0.108. The first-order chi connectivity index (χ1) is 49.9. The van der Waals surface area contributed by atoms with Gasteiger partial charge in [0, 0.05) is 25.7 Å². The molecule has 17 nitrogen and oxygen atoms in total. The molecule has 0 rings (SSSR count). The van der Waals surface area contributed by atoms with E-state index < -0.39 is 97.5 Å². The Bertz CT molecular complexity index is 1980. The number of hydrogen-bond acceptors (Lipinski definition) is 15. The molecule has 0 amide bonds. The van der Waals surface area contributed by atoms with Gasteiger partial charge in [0.2, 0.25) is 0 Å². The summed E-state index contributed by atoms with van der Waals surface area (Å²) in [6.45, 7) is 9.72. The van der Waals surface area contributed by atoms with Gasteiger partial charge in [0.05, 0.1) is 26.4 Å². The van der Waals surface area contributed by atoms with Crippen molar-refractivity contribution in [2.75, 3.05) is 39.6 Å². The first-order valence-corrected chi connectivity index (χ1v) is 46.5. The van der Waals surface area contributed by atoms with Crippen molar-refractivity contribution in [1.82, 2.24) is 0 Å². The Kier molecular flexibility index (Phi) is 74.1. The van der Waals surface area contributed by atoms with Crippen molar-refractivity contribution in [2.45, 2.75) is 464 Å². The predicted octanol–water partition coefficient (Wildman–Crippen LogP) is 25.5. The first kappa shape index (κ1) is 101. The number of phosphoric acid groups is 2. The standard InChI is InChI=1S/C84H164O17P2/c1-7-9-11-13-15-17-19-20-32-38-44-50-56-62-68-83(88)100-79(72-94-81(86)66-60-54-48-42-18-16-14-12-10-8-2)74-98-102(90,91)96-70-78(85)71-97-103(92,93)99-75-80(73-95-82(87)67-61-55-49-43-37-33-29-25-27-31-36-41-47-53-59-65-77(5)6)101-84(89)69-63-57-51-45-39-34-28-24-22-21-23-26-30-35-40-46-52-58-64-76(3)4/h76-80,85H,7-75H2,1-6H3,(H,90,91)(H,92,93)/t78-,79+,80+/m0/s1. The maximum absolute atomic E-state index is 13.1. The zero-order valence-electron chi connectivity index (χ0n) is 67.6. The van der Waals surface area contributed by atoms with Gasteiger partial charge in [-0.25, -0.2) is 9.13 Å². The van der Waals surface area contributed by atoms with E-state index in [9.17, 15) is 43.2 Å². The molecule has 19 heteroatoms. The smallest absolute Gasteiger partial charge is 0.462 e. The summed E-state index contributed by atoms with van der Waals surface area (Å²) < 4.78 is 68.8. The summed E-state index contributed by atoms with van der Waals surface area (Å²) >= 11 is 0. The van der Waals surface area contributed by atoms with Crippen LogP contribution < -0.4 is 0 Å². The van der Waals surface area contributed by atoms with E-state index in [4.69, 9.17) is 37.0 Å². The fraction of sp³-hybridized carbons (Fsp3) is 0.952. The average Bonchev–Trinajstić information content (AvgIpc) is 0.926. The molecule has 0 aliphatic carbocycles. The van der Waals surface area contributed by atoms with Crippen LogP contribution in [0.2, 0.25) is 0 Å². The summed E-state index contributed by atoms with van der Waals surface area (Å²) in [7, 11) is -9.92. The minimum Gasteiger partial charge on any atom is -0.462 e. The number of hydrogen-bond donors (Lipinski definition) is 3. The van der Waals surface area contributed by atoms with Gasteiger partial charge >= 0.3 is 39.5 Å². The second-order valence-electron chi connectivity index (χ2n) is 31.2. The Morgan fingerprint density at radius 1 is 0.262 bits per heavy atom. The molecule has 0 fully saturated rings. The first-order valence-electron chi connectivity index (χ1n) is 43.5. The maximum atomic E-state index is 13.1. The van der Waals surface area contributed by atoms with Crippen LogP contribution in [0.5, 0.6) is 0 Å². The molecule has 0 aliphatic heterocycles. The van der Waals surface area contributed by atoms with Crippen LogP contribution in [-0.4, -0.2) is 96.7 Å². The Hall–Kier alpha value is -1.94. The summed E-state index contributed by atoms with van der Waals surface area (Å²) in [6, 6.07) is 0. The average molecular weight is 1510 g/mol. The molecule has 0 heterocycles. The van der Waals surface area contributed by atoms with Gasteiger partial charge < -0.3 is 33.8 Å². The van der Waals surface area contributed by atoms with Crippen LogP contribution in [0.1, 0.15) is 446 Å². The second-order valence-corrected chi connectivity index (χ2v) is 34.1. The Morgan fingerprint density at radius 2 is 0.447 bits per heavy atom. The van der Waals surface area contributed by atoms with Gasteiger partial charge in [-0.05, 0) is 37.5 Å². The molecule has 0 aliphatic rings. The molecule has 0 saturated carbocycles. The van der Waals surface area contributed by atoms with E-state index in [0.29, 0.717) is 25.7 Å². The summed E-state index contributed by atoms with van der Waals surface area (Å²) in [5, 5.41) is 10.7. The van der Waals surface area contributed by atoms with Gasteiger partial charge in [0.1, 0.15) is 19.3 Å². The largest absolute Gasteiger partial charge is 0.472 e. The molecule has 0 radical (unpaired) electrons. The van der Waals surface area contributed by atoms with Gasteiger partial charge in [-0.2, -0.15) is 0 Å². The van der Waals surface area contributed by atoms with Crippen molar-refractivity contribution in [3.63, 3.8) is 0 Å². The highest BCUT2D eigenvalue weighted by Crippen LogP contribution is 2.45. The van der Waals surface area contributed by atoms with E-state index in [0.717, 1.165) is 102 Å². The summed E-state index contributed by atoms with van der Waals surface area (Å²) in [6.07, 6.45) is 66.6. The quantitative estimate of drug-likeness (QED) is 0.0222. The third-order valence-electron chi connectivity index (χ3n) is 19.7. The fourth-order valence-electron chi connectivity index (χ4n) is 13.1. The zero-order valence-corrected chi connectivity index (χ0v) is 69.4. The summed E-state index contributed by atoms with van der Waals surface area (Å²) in [4.78, 5) is 73.1. The van der Waals surface area contributed by atoms with E-state index >= 15 is 0 Å². The van der Waals surface area contributed by atoms with Gasteiger partial charge in [-0.3, -0.25) is 37.3 Å². The summed E-state index contributed by atoms with van der Waals surface area (Å²) in [5.41, 5.74) is 0. The molecule has 0 saturated heterocycles. The van der Waals surface area contributed by atoms with Crippen molar-refractivity contribution in [3.05, 3.63) is 0 Å². The highest BCUT2D eigenvalue weighted by Gasteiger charge is 2.30. The van der Waals surface area contributed by atoms with E-state index in [-0.39, 0.29) is 25.7 Å². The van der Waals surface area contributed by atoms with Crippen LogP contribution in [0.25, 0.3) is 0 Å². The highest BCUT2D eigenvalue weighted by molar-refractivity contribution is 7.47. The molecule has 103 heavy (non-hydrogen) atoms. The van der Waals surface area contributed by atoms with Crippen LogP contribution in [0.3, 0.4) is 0 Å².